The van der Waals surface area contributed by atoms with E-state index < -0.39 is 23.5 Å². The van der Waals surface area contributed by atoms with Gasteiger partial charge in [0.15, 0.2) is 0 Å². The van der Waals surface area contributed by atoms with Crippen LogP contribution in [0.25, 0.3) is 5.76 Å². The number of aromatic hydroxyl groups is 1. The lowest BCUT2D eigenvalue weighted by Crippen LogP contribution is -2.30. The van der Waals surface area contributed by atoms with E-state index >= 15 is 0 Å². The normalized spacial score (nSPS) is 17.8. The minimum absolute atomic E-state index is 0.0605. The van der Waals surface area contributed by atoms with Gasteiger partial charge in [-0.05, 0) is 30.2 Å². The summed E-state index contributed by atoms with van der Waals surface area (Å²) in [6, 6.07) is 6.37. The number of ether oxygens (including phenoxy) is 2. The van der Waals surface area contributed by atoms with Gasteiger partial charge in [0.1, 0.15) is 23.0 Å². The molecule has 0 saturated carbocycles. The zero-order valence-corrected chi connectivity index (χ0v) is 18.6. The maximum absolute atomic E-state index is 13.0. The molecular weight excluding hydrogens is 445 g/mol. The molecule has 2 aromatic carbocycles. The summed E-state index contributed by atoms with van der Waals surface area (Å²) in [5.74, 6) is -1.68. The van der Waals surface area contributed by atoms with Gasteiger partial charge in [0.2, 0.25) is 0 Å². The number of Topliss-reactive ketones (excluding diaryl/α,β-unsaturated/α-hetero) is 1. The van der Waals surface area contributed by atoms with Gasteiger partial charge in [0, 0.05) is 12.6 Å². The Hall–Kier alpha value is -2.90. The molecule has 31 heavy (non-hydrogen) atoms. The number of hydrogen-bond acceptors (Lipinski definition) is 6. The molecule has 1 saturated heterocycles. The summed E-state index contributed by atoms with van der Waals surface area (Å²) in [6.45, 7) is 2.15. The van der Waals surface area contributed by atoms with Crippen LogP contribution < -0.4 is 9.47 Å². The highest BCUT2D eigenvalue weighted by atomic mass is 35.5. The first kappa shape index (κ1) is 22.8. The van der Waals surface area contributed by atoms with Crippen LogP contribution in [0.2, 0.25) is 10.0 Å². The molecule has 0 bridgehead atoms. The Morgan fingerprint density at radius 2 is 1.74 bits per heavy atom. The van der Waals surface area contributed by atoms with Crippen molar-refractivity contribution in [3.63, 3.8) is 0 Å². The number of methoxy groups -OCH3 is 2. The number of phenols is 1. The van der Waals surface area contributed by atoms with Crippen LogP contribution in [0.5, 0.6) is 17.2 Å². The lowest BCUT2D eigenvalue weighted by Gasteiger charge is -2.25. The zero-order chi connectivity index (χ0) is 22.9. The van der Waals surface area contributed by atoms with E-state index in [-0.39, 0.29) is 45.0 Å². The predicted molar refractivity (Wildman–Crippen MR) is 117 cm³/mol. The Balaban J connectivity index is 2.29. The number of carbonyl (C=O) groups excluding carboxylic acids is 2. The third-order valence-corrected chi connectivity index (χ3v) is 5.62. The minimum atomic E-state index is -0.899. The number of phenolic OH excluding ortho intramolecular Hbond substituents is 1. The van der Waals surface area contributed by atoms with Crippen molar-refractivity contribution in [2.45, 2.75) is 19.4 Å². The highest BCUT2D eigenvalue weighted by Gasteiger charge is 2.46. The van der Waals surface area contributed by atoms with E-state index in [0.29, 0.717) is 12.0 Å². The second kappa shape index (κ2) is 9.08. The summed E-state index contributed by atoms with van der Waals surface area (Å²) in [7, 11) is 2.80. The molecule has 0 aromatic heterocycles. The average molecular weight is 466 g/mol. The largest absolute Gasteiger partial charge is 0.507 e. The van der Waals surface area contributed by atoms with Crippen molar-refractivity contribution in [2.24, 2.45) is 0 Å². The molecule has 1 unspecified atom stereocenters. The van der Waals surface area contributed by atoms with Crippen molar-refractivity contribution in [2.75, 3.05) is 20.8 Å². The van der Waals surface area contributed by atoms with E-state index in [1.165, 1.54) is 43.4 Å². The number of amides is 1. The van der Waals surface area contributed by atoms with Gasteiger partial charge in [-0.1, -0.05) is 36.2 Å². The van der Waals surface area contributed by atoms with Crippen LogP contribution in [-0.4, -0.2) is 47.6 Å². The van der Waals surface area contributed by atoms with Crippen molar-refractivity contribution >= 4 is 40.7 Å². The summed E-state index contributed by atoms with van der Waals surface area (Å²) in [5.41, 5.74) is 0.493. The van der Waals surface area contributed by atoms with Crippen LogP contribution in [0.15, 0.2) is 35.9 Å². The van der Waals surface area contributed by atoms with Gasteiger partial charge in [-0.2, -0.15) is 0 Å². The van der Waals surface area contributed by atoms with Gasteiger partial charge in [0.25, 0.3) is 11.7 Å². The smallest absolute Gasteiger partial charge is 0.295 e. The predicted octanol–water partition coefficient (Wildman–Crippen LogP) is 4.55. The number of ketones is 1. The van der Waals surface area contributed by atoms with Gasteiger partial charge in [-0.3, -0.25) is 9.59 Å². The molecule has 0 spiro atoms. The minimum Gasteiger partial charge on any atom is -0.507 e. The number of halogens is 2. The molecule has 1 aliphatic rings. The molecule has 9 heteroatoms. The SMILES string of the molecule is CCCN1C(=O)C(=O)/C(=C(/O)c2cc(OC)c(Cl)cc2OC)C1c1ccc(O)c(Cl)c1. The molecule has 1 atom stereocenters. The van der Waals surface area contributed by atoms with Gasteiger partial charge in [-0.15, -0.1) is 0 Å². The lowest BCUT2D eigenvalue weighted by atomic mass is 9.94. The van der Waals surface area contributed by atoms with Gasteiger partial charge < -0.3 is 24.6 Å². The molecule has 1 fully saturated rings. The first-order valence-corrected chi connectivity index (χ1v) is 10.2. The van der Waals surface area contributed by atoms with Gasteiger partial charge in [0.05, 0.1) is 41.4 Å². The topological polar surface area (TPSA) is 96.3 Å². The quantitative estimate of drug-likeness (QED) is 0.369. The number of aliphatic hydroxyl groups excluding tert-OH is 1. The third kappa shape index (κ3) is 4.03. The lowest BCUT2D eigenvalue weighted by molar-refractivity contribution is -0.139. The second-order valence-corrected chi connectivity index (χ2v) is 7.70. The summed E-state index contributed by atoms with van der Waals surface area (Å²) < 4.78 is 10.5. The summed E-state index contributed by atoms with van der Waals surface area (Å²) in [6.07, 6.45) is 0.591. The molecule has 2 aromatic rings. The number of benzene rings is 2. The molecule has 1 aliphatic heterocycles. The Bertz CT molecular complexity index is 1080. The fourth-order valence-corrected chi connectivity index (χ4v) is 4.00. The number of rotatable bonds is 6. The summed E-state index contributed by atoms with van der Waals surface area (Å²) in [5, 5.41) is 21.3. The molecule has 7 nitrogen and oxygen atoms in total. The number of hydrogen-bond donors (Lipinski definition) is 2. The monoisotopic (exact) mass is 465 g/mol. The fourth-order valence-electron chi connectivity index (χ4n) is 3.58. The molecular formula is C22H21Cl2NO6. The molecule has 164 valence electrons. The van der Waals surface area contributed by atoms with Crippen LogP contribution in [0.1, 0.15) is 30.5 Å². The maximum Gasteiger partial charge on any atom is 0.295 e. The Kier molecular flexibility index (Phi) is 6.67. The van der Waals surface area contributed by atoms with E-state index in [0.717, 1.165) is 0 Å². The Morgan fingerprint density at radius 3 is 2.32 bits per heavy atom. The first-order valence-electron chi connectivity index (χ1n) is 9.43. The number of likely N-dealkylation sites (tertiary alicyclic amines) is 1. The third-order valence-electron chi connectivity index (χ3n) is 5.02. The van der Waals surface area contributed by atoms with Crippen LogP contribution >= 0.6 is 23.2 Å². The van der Waals surface area contributed by atoms with Crippen molar-refractivity contribution in [3.8, 4) is 17.2 Å². The molecule has 1 heterocycles. The Morgan fingerprint density at radius 1 is 1.06 bits per heavy atom. The van der Waals surface area contributed by atoms with Crippen LogP contribution in [-0.2, 0) is 9.59 Å². The summed E-state index contributed by atoms with van der Waals surface area (Å²) in [4.78, 5) is 27.1. The maximum atomic E-state index is 13.0. The molecule has 3 rings (SSSR count). The van der Waals surface area contributed by atoms with Crippen LogP contribution in [0.4, 0.5) is 0 Å². The van der Waals surface area contributed by atoms with Gasteiger partial charge in [-0.25, -0.2) is 0 Å². The number of carbonyl (C=O) groups is 2. The molecule has 2 N–H and O–H groups in total. The van der Waals surface area contributed by atoms with Crippen LogP contribution in [0.3, 0.4) is 0 Å². The fraction of sp³-hybridized carbons (Fsp3) is 0.273. The van der Waals surface area contributed by atoms with Crippen molar-refractivity contribution in [1.29, 1.82) is 0 Å². The van der Waals surface area contributed by atoms with Crippen molar-refractivity contribution in [3.05, 3.63) is 57.1 Å². The zero-order valence-electron chi connectivity index (χ0n) is 17.1. The van der Waals surface area contributed by atoms with Gasteiger partial charge >= 0.3 is 0 Å². The van der Waals surface area contributed by atoms with E-state index in [1.54, 1.807) is 6.07 Å². The highest BCUT2D eigenvalue weighted by molar-refractivity contribution is 6.46. The van der Waals surface area contributed by atoms with Crippen molar-refractivity contribution in [1.82, 2.24) is 4.90 Å². The molecule has 0 radical (unpaired) electrons. The van der Waals surface area contributed by atoms with Crippen molar-refractivity contribution < 1.29 is 29.3 Å². The second-order valence-electron chi connectivity index (χ2n) is 6.89. The Labute approximate surface area is 189 Å². The molecule has 0 aliphatic carbocycles. The summed E-state index contributed by atoms with van der Waals surface area (Å²) >= 11 is 12.2. The van der Waals surface area contributed by atoms with E-state index in [2.05, 4.69) is 0 Å². The van der Waals surface area contributed by atoms with Crippen LogP contribution in [0, 0.1) is 0 Å². The van der Waals surface area contributed by atoms with E-state index in [1.807, 2.05) is 6.92 Å². The molecule has 1 amide bonds. The average Bonchev–Trinajstić information content (AvgIpc) is 3.00. The first-order chi connectivity index (χ1) is 14.7. The highest BCUT2D eigenvalue weighted by Crippen LogP contribution is 2.44. The number of aliphatic hydroxyl groups is 1. The van der Waals surface area contributed by atoms with E-state index in [4.69, 9.17) is 32.7 Å². The van der Waals surface area contributed by atoms with E-state index in [9.17, 15) is 19.8 Å². The standard InChI is InChI=1S/C22H21Cl2NO6/c1-4-7-25-19(11-5-6-15(26)13(23)8-11)18(21(28)22(25)29)20(27)12-9-17(31-3)14(24)10-16(12)30-2/h5-6,8-10,19,26-27H,4,7H2,1-3H3/b20-18+. The number of nitrogens with zero attached hydrogens (tertiary/aromatic N) is 1.